The van der Waals surface area contributed by atoms with Crippen LogP contribution in [0.15, 0.2) is 36.7 Å². The molecule has 0 bridgehead atoms. The molecule has 2 aromatic heterocycles. The Balaban J connectivity index is 2.06. The Morgan fingerprint density at radius 3 is 2.76 bits per heavy atom. The van der Waals surface area contributed by atoms with Gasteiger partial charge in [-0.2, -0.15) is 4.52 Å². The number of hydrogen-bond acceptors (Lipinski definition) is 6. The second-order valence-corrected chi connectivity index (χ2v) is 4.48. The maximum absolute atomic E-state index is 13.1. The fourth-order valence-corrected chi connectivity index (χ4v) is 2.09. The van der Waals surface area contributed by atoms with Crippen LogP contribution < -0.4 is 10.6 Å². The minimum Gasteiger partial charge on any atom is -0.330 e. The Kier molecular flexibility index (Phi) is 3.69. The van der Waals surface area contributed by atoms with Gasteiger partial charge in [0.25, 0.3) is 0 Å². The minimum atomic E-state index is -0.281. The maximum Gasteiger partial charge on any atom is 0.199 e. The lowest BCUT2D eigenvalue weighted by Gasteiger charge is -2.24. The van der Waals surface area contributed by atoms with Crippen LogP contribution in [0.25, 0.3) is 5.65 Å². The lowest BCUT2D eigenvalue weighted by atomic mass is 10.2. The SMILES string of the molecule is NCCCN(c1ccc(F)cc1)c1cncc2nnnn12. The van der Waals surface area contributed by atoms with Crippen LogP contribution in [0.4, 0.5) is 15.9 Å². The van der Waals surface area contributed by atoms with Gasteiger partial charge in [-0.05, 0) is 47.7 Å². The van der Waals surface area contributed by atoms with Gasteiger partial charge in [0.1, 0.15) is 5.82 Å². The van der Waals surface area contributed by atoms with Crippen molar-refractivity contribution in [2.45, 2.75) is 6.42 Å². The van der Waals surface area contributed by atoms with Gasteiger partial charge in [-0.25, -0.2) is 4.39 Å². The lowest BCUT2D eigenvalue weighted by molar-refractivity contribution is 0.627. The molecule has 0 saturated carbocycles. The van der Waals surface area contributed by atoms with Gasteiger partial charge < -0.3 is 10.6 Å². The van der Waals surface area contributed by atoms with Gasteiger partial charge in [0.15, 0.2) is 11.5 Å². The molecule has 3 aromatic rings. The van der Waals surface area contributed by atoms with Gasteiger partial charge in [-0.1, -0.05) is 0 Å². The predicted molar refractivity (Wildman–Crippen MR) is 75.7 cm³/mol. The smallest absolute Gasteiger partial charge is 0.199 e. The third-order valence-corrected chi connectivity index (χ3v) is 3.09. The number of anilines is 2. The third-order valence-electron chi connectivity index (χ3n) is 3.09. The summed E-state index contributed by atoms with van der Waals surface area (Å²) in [6, 6.07) is 6.24. The molecule has 0 saturated heterocycles. The van der Waals surface area contributed by atoms with Crippen molar-refractivity contribution < 1.29 is 4.39 Å². The molecule has 2 heterocycles. The maximum atomic E-state index is 13.1. The summed E-state index contributed by atoms with van der Waals surface area (Å²) in [5.74, 6) is 0.425. The largest absolute Gasteiger partial charge is 0.330 e. The molecule has 0 aliphatic rings. The molecule has 108 valence electrons. The Hall–Kier alpha value is -2.61. The van der Waals surface area contributed by atoms with Crippen LogP contribution in [0.3, 0.4) is 0 Å². The molecule has 2 N–H and O–H groups in total. The van der Waals surface area contributed by atoms with E-state index in [9.17, 15) is 4.39 Å². The first-order valence-corrected chi connectivity index (χ1v) is 6.55. The van der Waals surface area contributed by atoms with Crippen LogP contribution in [-0.2, 0) is 0 Å². The highest BCUT2D eigenvalue weighted by Gasteiger charge is 2.14. The number of aromatic nitrogens is 5. The Bertz CT molecular complexity index is 725. The van der Waals surface area contributed by atoms with Gasteiger partial charge in [-0.3, -0.25) is 4.98 Å². The van der Waals surface area contributed by atoms with E-state index in [2.05, 4.69) is 20.5 Å². The summed E-state index contributed by atoms with van der Waals surface area (Å²) < 4.78 is 14.7. The molecule has 7 nitrogen and oxygen atoms in total. The number of tetrazole rings is 1. The van der Waals surface area contributed by atoms with Crippen molar-refractivity contribution in [3.63, 3.8) is 0 Å². The van der Waals surface area contributed by atoms with E-state index in [1.807, 2.05) is 4.90 Å². The second-order valence-electron chi connectivity index (χ2n) is 4.48. The van der Waals surface area contributed by atoms with Crippen LogP contribution in [0, 0.1) is 5.82 Å². The van der Waals surface area contributed by atoms with Gasteiger partial charge >= 0.3 is 0 Å². The van der Waals surface area contributed by atoms with E-state index in [-0.39, 0.29) is 5.82 Å². The average molecular weight is 287 g/mol. The normalized spacial score (nSPS) is 11.0. The standard InChI is InChI=1S/C13H14FN7/c14-10-2-4-11(5-3-10)20(7-1-6-15)13-9-16-8-12-17-18-19-21(12)13/h2-5,8-9H,1,6-7,15H2. The number of nitrogens with two attached hydrogens (primary N) is 1. The van der Waals surface area contributed by atoms with E-state index in [0.717, 1.165) is 12.1 Å². The molecule has 0 atom stereocenters. The topological polar surface area (TPSA) is 85.2 Å². The molecule has 0 aliphatic heterocycles. The number of hydrogen-bond donors (Lipinski definition) is 1. The zero-order valence-corrected chi connectivity index (χ0v) is 11.2. The number of halogens is 1. The first-order valence-electron chi connectivity index (χ1n) is 6.55. The molecule has 3 rings (SSSR count). The van der Waals surface area contributed by atoms with Gasteiger partial charge in [0.05, 0.1) is 12.4 Å². The molecule has 8 heteroatoms. The fraction of sp³-hybridized carbons (Fsp3) is 0.231. The van der Waals surface area contributed by atoms with Gasteiger partial charge in [0, 0.05) is 12.2 Å². The van der Waals surface area contributed by atoms with Crippen molar-refractivity contribution >= 4 is 17.2 Å². The first-order chi connectivity index (χ1) is 10.3. The van der Waals surface area contributed by atoms with E-state index >= 15 is 0 Å². The van der Waals surface area contributed by atoms with Crippen LogP contribution in [-0.4, -0.2) is 38.1 Å². The zero-order chi connectivity index (χ0) is 14.7. The monoisotopic (exact) mass is 287 g/mol. The van der Waals surface area contributed by atoms with E-state index in [1.54, 1.807) is 29.0 Å². The first kappa shape index (κ1) is 13.4. The van der Waals surface area contributed by atoms with E-state index in [1.165, 1.54) is 12.1 Å². The van der Waals surface area contributed by atoms with Gasteiger partial charge in [0.2, 0.25) is 0 Å². The summed E-state index contributed by atoms with van der Waals surface area (Å²) >= 11 is 0. The molecule has 0 fully saturated rings. The summed E-state index contributed by atoms with van der Waals surface area (Å²) in [4.78, 5) is 6.11. The number of nitrogens with zero attached hydrogens (tertiary/aromatic N) is 6. The van der Waals surface area contributed by atoms with Crippen LogP contribution in [0.5, 0.6) is 0 Å². The van der Waals surface area contributed by atoms with E-state index < -0.39 is 0 Å². The number of rotatable bonds is 5. The van der Waals surface area contributed by atoms with Crippen molar-refractivity contribution in [3.05, 3.63) is 42.5 Å². The number of fused-ring (bicyclic) bond motifs is 1. The molecular weight excluding hydrogens is 273 g/mol. The Labute approximate surface area is 120 Å². The van der Waals surface area contributed by atoms with Gasteiger partial charge in [-0.15, -0.1) is 5.10 Å². The highest BCUT2D eigenvalue weighted by atomic mass is 19.1. The molecule has 21 heavy (non-hydrogen) atoms. The summed E-state index contributed by atoms with van der Waals surface area (Å²) in [5, 5.41) is 11.5. The van der Waals surface area contributed by atoms with Crippen molar-refractivity contribution in [1.29, 1.82) is 0 Å². The zero-order valence-electron chi connectivity index (χ0n) is 11.2. The van der Waals surface area contributed by atoms with Crippen molar-refractivity contribution in [2.75, 3.05) is 18.0 Å². The molecule has 0 unspecified atom stereocenters. The summed E-state index contributed by atoms with van der Waals surface area (Å²) in [7, 11) is 0. The summed E-state index contributed by atoms with van der Waals surface area (Å²) in [6.45, 7) is 1.21. The van der Waals surface area contributed by atoms with Crippen LogP contribution in [0.1, 0.15) is 6.42 Å². The molecule has 1 aromatic carbocycles. The predicted octanol–water partition coefficient (Wildman–Crippen LogP) is 1.15. The Morgan fingerprint density at radius 1 is 1.19 bits per heavy atom. The molecule has 0 aliphatic carbocycles. The van der Waals surface area contributed by atoms with E-state index in [4.69, 9.17) is 5.73 Å². The highest BCUT2D eigenvalue weighted by molar-refractivity contribution is 5.61. The third kappa shape index (κ3) is 2.65. The Morgan fingerprint density at radius 2 is 2.00 bits per heavy atom. The van der Waals surface area contributed by atoms with E-state index in [0.29, 0.717) is 24.6 Å². The second kappa shape index (κ2) is 5.80. The van der Waals surface area contributed by atoms with Crippen molar-refractivity contribution in [2.24, 2.45) is 5.73 Å². The van der Waals surface area contributed by atoms with Crippen molar-refractivity contribution in [3.8, 4) is 0 Å². The number of benzene rings is 1. The van der Waals surface area contributed by atoms with Crippen LogP contribution >= 0.6 is 0 Å². The summed E-state index contributed by atoms with van der Waals surface area (Å²) in [6.07, 6.45) is 4.02. The van der Waals surface area contributed by atoms with Crippen LogP contribution in [0.2, 0.25) is 0 Å². The molecular formula is C13H14FN7. The quantitative estimate of drug-likeness (QED) is 0.757. The molecule has 0 spiro atoms. The molecule has 0 radical (unpaired) electrons. The van der Waals surface area contributed by atoms with Crippen molar-refractivity contribution in [1.82, 2.24) is 25.0 Å². The summed E-state index contributed by atoms with van der Waals surface area (Å²) in [5.41, 5.74) is 6.98. The lowest BCUT2D eigenvalue weighted by Crippen LogP contribution is -2.23. The average Bonchev–Trinajstić information content (AvgIpc) is 2.98. The molecule has 0 amide bonds. The fourth-order valence-electron chi connectivity index (χ4n) is 2.09. The minimum absolute atomic E-state index is 0.281. The highest BCUT2D eigenvalue weighted by Crippen LogP contribution is 2.24.